The Bertz CT molecular complexity index is 557. The van der Waals surface area contributed by atoms with Crippen LogP contribution in [0.15, 0.2) is 15.0 Å². The monoisotopic (exact) mass is 278 g/mol. The van der Waals surface area contributed by atoms with Gasteiger partial charge in [-0.25, -0.2) is 4.98 Å². The van der Waals surface area contributed by atoms with E-state index in [2.05, 4.69) is 10.3 Å². The predicted molar refractivity (Wildman–Crippen MR) is 76.9 cm³/mol. The lowest BCUT2D eigenvalue weighted by atomic mass is 10.1. The number of aryl methyl sites for hydroxylation is 2. The first kappa shape index (κ1) is 14.8. The minimum absolute atomic E-state index is 0.712. The molecule has 0 aliphatic heterocycles. The van der Waals surface area contributed by atoms with Gasteiger partial charge in [0, 0.05) is 32.2 Å². The van der Waals surface area contributed by atoms with Gasteiger partial charge in [-0.05, 0) is 20.8 Å². The van der Waals surface area contributed by atoms with Crippen molar-refractivity contribution < 1.29 is 13.6 Å². The summed E-state index contributed by atoms with van der Waals surface area (Å²) in [6, 6.07) is 0. The standard InChI is InChI=1S/C15H22N2O3/c1-10-11(2)19-12(3)15(10)13-9-17-14(20-13)5-6-16-7-8-18-4/h9,16H,5-8H2,1-4H3. The zero-order valence-corrected chi connectivity index (χ0v) is 12.6. The van der Waals surface area contributed by atoms with Crippen LogP contribution in [0.2, 0.25) is 0 Å². The van der Waals surface area contributed by atoms with E-state index >= 15 is 0 Å². The van der Waals surface area contributed by atoms with Gasteiger partial charge < -0.3 is 18.9 Å². The van der Waals surface area contributed by atoms with E-state index < -0.39 is 0 Å². The molecule has 0 aromatic carbocycles. The molecule has 20 heavy (non-hydrogen) atoms. The molecule has 0 saturated heterocycles. The van der Waals surface area contributed by atoms with Crippen molar-refractivity contribution in [3.8, 4) is 11.3 Å². The maximum absolute atomic E-state index is 5.81. The molecule has 2 rings (SSSR count). The first-order chi connectivity index (χ1) is 9.63. The van der Waals surface area contributed by atoms with E-state index in [-0.39, 0.29) is 0 Å². The Hall–Kier alpha value is -1.59. The average Bonchev–Trinajstić information content (AvgIpc) is 2.95. The number of rotatable bonds is 7. The van der Waals surface area contributed by atoms with Crippen molar-refractivity contribution in [2.45, 2.75) is 27.2 Å². The fraction of sp³-hybridized carbons (Fsp3) is 0.533. The molecular weight excluding hydrogens is 256 g/mol. The van der Waals surface area contributed by atoms with Crippen LogP contribution in [0.25, 0.3) is 11.3 Å². The minimum Gasteiger partial charge on any atom is -0.466 e. The molecule has 0 fully saturated rings. The molecule has 0 amide bonds. The SMILES string of the molecule is COCCNCCc1ncc(-c2c(C)oc(C)c2C)o1. The van der Waals surface area contributed by atoms with Crippen LogP contribution in [-0.2, 0) is 11.2 Å². The highest BCUT2D eigenvalue weighted by atomic mass is 16.5. The lowest BCUT2D eigenvalue weighted by Crippen LogP contribution is -2.21. The molecule has 5 nitrogen and oxygen atoms in total. The first-order valence-electron chi connectivity index (χ1n) is 6.84. The summed E-state index contributed by atoms with van der Waals surface area (Å²) < 4.78 is 16.4. The van der Waals surface area contributed by atoms with Gasteiger partial charge in [0.05, 0.1) is 18.4 Å². The van der Waals surface area contributed by atoms with E-state index in [1.807, 2.05) is 20.8 Å². The van der Waals surface area contributed by atoms with Gasteiger partial charge in [-0.1, -0.05) is 0 Å². The maximum Gasteiger partial charge on any atom is 0.196 e. The normalized spacial score (nSPS) is 11.2. The van der Waals surface area contributed by atoms with Gasteiger partial charge in [-0.2, -0.15) is 0 Å². The summed E-state index contributed by atoms with van der Waals surface area (Å²) in [6.07, 6.45) is 2.54. The van der Waals surface area contributed by atoms with Gasteiger partial charge >= 0.3 is 0 Å². The summed E-state index contributed by atoms with van der Waals surface area (Å²) in [5, 5.41) is 3.27. The number of methoxy groups -OCH3 is 1. The van der Waals surface area contributed by atoms with Crippen LogP contribution in [0.4, 0.5) is 0 Å². The van der Waals surface area contributed by atoms with E-state index in [0.29, 0.717) is 6.61 Å². The second kappa shape index (κ2) is 6.72. The summed E-state index contributed by atoms with van der Waals surface area (Å²) in [5.41, 5.74) is 2.14. The molecule has 0 bridgehead atoms. The van der Waals surface area contributed by atoms with Crippen LogP contribution in [0, 0.1) is 20.8 Å². The predicted octanol–water partition coefficient (Wildman–Crippen LogP) is 2.64. The minimum atomic E-state index is 0.712. The molecule has 0 saturated carbocycles. The van der Waals surface area contributed by atoms with Crippen molar-refractivity contribution in [1.29, 1.82) is 0 Å². The highest BCUT2D eigenvalue weighted by Gasteiger charge is 2.17. The van der Waals surface area contributed by atoms with Crippen LogP contribution in [0.5, 0.6) is 0 Å². The second-order valence-corrected chi connectivity index (χ2v) is 4.83. The molecule has 0 atom stereocenters. The summed E-state index contributed by atoms with van der Waals surface area (Å²) in [4.78, 5) is 4.32. The number of hydrogen-bond donors (Lipinski definition) is 1. The zero-order valence-electron chi connectivity index (χ0n) is 12.6. The van der Waals surface area contributed by atoms with Gasteiger partial charge in [-0.15, -0.1) is 0 Å². The number of aromatic nitrogens is 1. The Morgan fingerprint density at radius 2 is 1.95 bits per heavy atom. The number of furan rings is 1. The van der Waals surface area contributed by atoms with E-state index in [9.17, 15) is 0 Å². The highest BCUT2D eigenvalue weighted by molar-refractivity contribution is 5.64. The molecule has 0 radical (unpaired) electrons. The van der Waals surface area contributed by atoms with Gasteiger partial charge in [0.1, 0.15) is 11.5 Å². The fourth-order valence-electron chi connectivity index (χ4n) is 2.19. The molecule has 2 aromatic rings. The third kappa shape index (κ3) is 3.29. The maximum atomic E-state index is 5.81. The van der Waals surface area contributed by atoms with Crippen LogP contribution >= 0.6 is 0 Å². The highest BCUT2D eigenvalue weighted by Crippen LogP contribution is 2.31. The average molecular weight is 278 g/mol. The van der Waals surface area contributed by atoms with Crippen molar-refractivity contribution in [3.05, 3.63) is 29.2 Å². The molecule has 0 unspecified atom stereocenters. The van der Waals surface area contributed by atoms with Gasteiger partial charge in [0.25, 0.3) is 0 Å². The van der Waals surface area contributed by atoms with Gasteiger partial charge in [-0.3, -0.25) is 0 Å². The molecule has 1 N–H and O–H groups in total. The van der Waals surface area contributed by atoms with Crippen molar-refractivity contribution in [3.63, 3.8) is 0 Å². The lowest BCUT2D eigenvalue weighted by molar-refractivity contribution is 0.199. The third-order valence-corrected chi connectivity index (χ3v) is 3.36. The second-order valence-electron chi connectivity index (χ2n) is 4.83. The van der Waals surface area contributed by atoms with E-state index in [4.69, 9.17) is 13.6 Å². The number of nitrogens with one attached hydrogen (secondary N) is 1. The van der Waals surface area contributed by atoms with E-state index in [1.54, 1.807) is 13.3 Å². The molecule has 0 spiro atoms. The Labute approximate surface area is 119 Å². The zero-order chi connectivity index (χ0) is 14.5. The smallest absolute Gasteiger partial charge is 0.196 e. The van der Waals surface area contributed by atoms with Crippen molar-refractivity contribution in [2.75, 3.05) is 26.8 Å². The van der Waals surface area contributed by atoms with Crippen LogP contribution < -0.4 is 5.32 Å². The Balaban J connectivity index is 1.98. The molecule has 110 valence electrons. The third-order valence-electron chi connectivity index (χ3n) is 3.36. The quantitative estimate of drug-likeness (QED) is 0.789. The fourth-order valence-corrected chi connectivity index (χ4v) is 2.19. The summed E-state index contributed by atoms with van der Waals surface area (Å²) >= 11 is 0. The summed E-state index contributed by atoms with van der Waals surface area (Å²) in [7, 11) is 1.69. The topological polar surface area (TPSA) is 60.4 Å². The van der Waals surface area contributed by atoms with Crippen LogP contribution in [0.1, 0.15) is 23.0 Å². The Morgan fingerprint density at radius 3 is 2.60 bits per heavy atom. The molecule has 0 aliphatic rings. The number of oxazole rings is 1. The molecule has 2 aromatic heterocycles. The molecule has 2 heterocycles. The number of nitrogens with zero attached hydrogens (tertiary/aromatic N) is 1. The van der Waals surface area contributed by atoms with Gasteiger partial charge in [0.2, 0.25) is 0 Å². The van der Waals surface area contributed by atoms with Crippen LogP contribution in [-0.4, -0.2) is 31.8 Å². The van der Waals surface area contributed by atoms with Crippen molar-refractivity contribution in [2.24, 2.45) is 0 Å². The lowest BCUT2D eigenvalue weighted by Gasteiger charge is -2.01. The largest absolute Gasteiger partial charge is 0.466 e. The van der Waals surface area contributed by atoms with E-state index in [1.165, 1.54) is 0 Å². The number of ether oxygens (including phenoxy) is 1. The van der Waals surface area contributed by atoms with Crippen molar-refractivity contribution >= 4 is 0 Å². The van der Waals surface area contributed by atoms with Crippen LogP contribution in [0.3, 0.4) is 0 Å². The van der Waals surface area contributed by atoms with Crippen molar-refractivity contribution in [1.82, 2.24) is 10.3 Å². The summed E-state index contributed by atoms with van der Waals surface area (Å²) in [6.45, 7) is 8.32. The number of hydrogen-bond acceptors (Lipinski definition) is 5. The molecular formula is C15H22N2O3. The molecule has 5 heteroatoms. The molecule has 0 aliphatic carbocycles. The van der Waals surface area contributed by atoms with E-state index in [0.717, 1.165) is 53.8 Å². The van der Waals surface area contributed by atoms with Gasteiger partial charge in [0.15, 0.2) is 11.7 Å². The first-order valence-corrected chi connectivity index (χ1v) is 6.84. The Morgan fingerprint density at radius 1 is 1.15 bits per heavy atom. The Kier molecular flexibility index (Phi) is 4.98. The summed E-state index contributed by atoms with van der Waals surface area (Å²) in [5.74, 6) is 3.32.